The molecule has 120 valence electrons. The Morgan fingerprint density at radius 1 is 1.22 bits per heavy atom. The first-order valence-corrected chi connectivity index (χ1v) is 7.19. The van der Waals surface area contributed by atoms with Crippen molar-refractivity contribution < 1.29 is 14.3 Å². The molecule has 0 fully saturated rings. The number of nitrogens with zero attached hydrogens (tertiary/aromatic N) is 2. The average molecular weight is 334 g/mol. The molecule has 2 aromatic rings. The van der Waals surface area contributed by atoms with Crippen LogP contribution < -0.4 is 10.1 Å². The molecule has 0 atom stereocenters. The Kier molecular flexibility index (Phi) is 5.54. The Bertz CT molecular complexity index is 702. The van der Waals surface area contributed by atoms with Crippen LogP contribution in [-0.2, 0) is 4.79 Å². The second kappa shape index (κ2) is 7.60. The van der Waals surface area contributed by atoms with Crippen molar-refractivity contribution in [2.45, 2.75) is 0 Å². The standard InChI is InChI=1S/C16H16ClN3O3/c1-20(2)16(22)14-9-12(7-8-18-14)19-15(21)10-23-13-5-3-11(17)4-6-13/h3-9H,10H2,1-2H3,(H,18,19,21). The summed E-state index contributed by atoms with van der Waals surface area (Å²) in [6.45, 7) is -0.152. The molecule has 2 amide bonds. The van der Waals surface area contributed by atoms with Crippen LogP contribution in [0.5, 0.6) is 5.75 Å². The van der Waals surface area contributed by atoms with Crippen molar-refractivity contribution in [1.29, 1.82) is 0 Å². The van der Waals surface area contributed by atoms with Gasteiger partial charge in [0.1, 0.15) is 11.4 Å². The van der Waals surface area contributed by atoms with Crippen molar-refractivity contribution in [1.82, 2.24) is 9.88 Å². The number of nitrogens with one attached hydrogen (secondary N) is 1. The Morgan fingerprint density at radius 2 is 1.91 bits per heavy atom. The van der Waals surface area contributed by atoms with E-state index >= 15 is 0 Å². The molecule has 1 aromatic carbocycles. The van der Waals surface area contributed by atoms with Gasteiger partial charge in [-0.05, 0) is 36.4 Å². The summed E-state index contributed by atoms with van der Waals surface area (Å²) in [6.07, 6.45) is 1.46. The van der Waals surface area contributed by atoms with Crippen LogP contribution in [0.4, 0.5) is 5.69 Å². The number of amides is 2. The van der Waals surface area contributed by atoms with Crippen LogP contribution in [0.1, 0.15) is 10.5 Å². The summed E-state index contributed by atoms with van der Waals surface area (Å²) in [5.74, 6) is -0.0318. The lowest BCUT2D eigenvalue weighted by Crippen LogP contribution is -2.24. The summed E-state index contributed by atoms with van der Waals surface area (Å²) in [5.41, 5.74) is 0.737. The molecule has 0 spiro atoms. The highest BCUT2D eigenvalue weighted by Gasteiger charge is 2.11. The lowest BCUT2D eigenvalue weighted by molar-refractivity contribution is -0.118. The summed E-state index contributed by atoms with van der Waals surface area (Å²) in [4.78, 5) is 29.1. The number of benzene rings is 1. The average Bonchev–Trinajstić information content (AvgIpc) is 2.53. The minimum Gasteiger partial charge on any atom is -0.484 e. The topological polar surface area (TPSA) is 71.5 Å². The fourth-order valence-electron chi connectivity index (χ4n) is 1.73. The highest BCUT2D eigenvalue weighted by molar-refractivity contribution is 6.30. The zero-order valence-corrected chi connectivity index (χ0v) is 13.5. The van der Waals surface area contributed by atoms with Crippen molar-refractivity contribution in [3.63, 3.8) is 0 Å². The van der Waals surface area contributed by atoms with E-state index in [1.165, 1.54) is 17.2 Å². The van der Waals surface area contributed by atoms with E-state index in [9.17, 15) is 9.59 Å². The zero-order chi connectivity index (χ0) is 16.8. The van der Waals surface area contributed by atoms with Gasteiger partial charge in [0.2, 0.25) is 0 Å². The summed E-state index contributed by atoms with van der Waals surface area (Å²) >= 11 is 5.77. The fourth-order valence-corrected chi connectivity index (χ4v) is 1.86. The van der Waals surface area contributed by atoms with Crippen molar-refractivity contribution in [2.75, 3.05) is 26.0 Å². The van der Waals surface area contributed by atoms with Gasteiger partial charge in [0.25, 0.3) is 11.8 Å². The molecule has 6 nitrogen and oxygen atoms in total. The largest absolute Gasteiger partial charge is 0.484 e. The van der Waals surface area contributed by atoms with Gasteiger partial charge in [-0.25, -0.2) is 0 Å². The Labute approximate surface area is 139 Å². The lowest BCUT2D eigenvalue weighted by atomic mass is 10.3. The molecule has 2 rings (SSSR count). The number of carbonyl (C=O) groups is 2. The highest BCUT2D eigenvalue weighted by Crippen LogP contribution is 2.15. The molecule has 0 unspecified atom stereocenters. The first kappa shape index (κ1) is 16.8. The van der Waals surface area contributed by atoms with Gasteiger partial charge in [0.05, 0.1) is 0 Å². The Hall–Kier alpha value is -2.60. The van der Waals surface area contributed by atoms with E-state index in [0.717, 1.165) is 0 Å². The van der Waals surface area contributed by atoms with Crippen molar-refractivity contribution in [3.8, 4) is 5.75 Å². The van der Waals surface area contributed by atoms with Gasteiger partial charge in [0, 0.05) is 31.0 Å². The van der Waals surface area contributed by atoms with Crippen molar-refractivity contribution in [3.05, 3.63) is 53.3 Å². The third-order valence-electron chi connectivity index (χ3n) is 2.85. The molecule has 0 saturated carbocycles. The molecular formula is C16H16ClN3O3. The lowest BCUT2D eigenvalue weighted by Gasteiger charge is -2.11. The van der Waals surface area contributed by atoms with E-state index in [-0.39, 0.29) is 24.1 Å². The predicted octanol–water partition coefficient (Wildman–Crippen LogP) is 2.45. The van der Waals surface area contributed by atoms with Gasteiger partial charge in [0.15, 0.2) is 6.61 Å². The van der Waals surface area contributed by atoms with Gasteiger partial charge >= 0.3 is 0 Å². The maximum atomic E-state index is 11.9. The molecule has 0 bridgehead atoms. The number of ether oxygens (including phenoxy) is 1. The van der Waals surface area contributed by atoms with E-state index in [1.54, 1.807) is 44.4 Å². The SMILES string of the molecule is CN(C)C(=O)c1cc(NC(=O)COc2ccc(Cl)cc2)ccn1. The molecule has 1 N–H and O–H groups in total. The number of carbonyl (C=O) groups excluding carboxylic acids is 2. The van der Waals surface area contributed by atoms with Crippen molar-refractivity contribution >= 4 is 29.1 Å². The van der Waals surface area contributed by atoms with E-state index in [2.05, 4.69) is 10.3 Å². The van der Waals surface area contributed by atoms with Crippen LogP contribution >= 0.6 is 11.6 Å². The second-order valence-electron chi connectivity index (χ2n) is 4.92. The van der Waals surface area contributed by atoms with Gasteiger partial charge in [-0.2, -0.15) is 0 Å². The quantitative estimate of drug-likeness (QED) is 0.912. The number of anilines is 1. The van der Waals surface area contributed by atoms with Crippen LogP contribution in [-0.4, -0.2) is 42.4 Å². The number of pyridine rings is 1. The Morgan fingerprint density at radius 3 is 2.57 bits per heavy atom. The van der Waals surface area contributed by atoms with E-state index in [0.29, 0.717) is 16.5 Å². The number of halogens is 1. The van der Waals surface area contributed by atoms with Gasteiger partial charge in [-0.1, -0.05) is 11.6 Å². The summed E-state index contributed by atoms with van der Waals surface area (Å²) in [5, 5.41) is 3.25. The highest BCUT2D eigenvalue weighted by atomic mass is 35.5. The Balaban J connectivity index is 1.93. The number of hydrogen-bond donors (Lipinski definition) is 1. The van der Waals surface area contributed by atoms with E-state index in [1.807, 2.05) is 0 Å². The van der Waals surface area contributed by atoms with Gasteiger partial charge < -0.3 is 15.0 Å². The summed E-state index contributed by atoms with van der Waals surface area (Å²) in [6, 6.07) is 9.83. The van der Waals surface area contributed by atoms with Crippen molar-refractivity contribution in [2.24, 2.45) is 0 Å². The van der Waals surface area contributed by atoms with Crippen LogP contribution in [0, 0.1) is 0 Å². The molecule has 0 saturated heterocycles. The molecule has 1 heterocycles. The summed E-state index contributed by atoms with van der Waals surface area (Å²) < 4.78 is 5.35. The molecule has 0 aliphatic carbocycles. The number of rotatable bonds is 5. The number of aromatic nitrogens is 1. The third-order valence-corrected chi connectivity index (χ3v) is 3.10. The molecule has 0 radical (unpaired) electrons. The normalized spacial score (nSPS) is 10.0. The van der Waals surface area contributed by atoms with Crippen LogP contribution in [0.25, 0.3) is 0 Å². The van der Waals surface area contributed by atoms with E-state index in [4.69, 9.17) is 16.3 Å². The van der Waals surface area contributed by atoms with Crippen LogP contribution in [0.2, 0.25) is 5.02 Å². The first-order valence-electron chi connectivity index (χ1n) is 6.81. The van der Waals surface area contributed by atoms with Crippen LogP contribution in [0.3, 0.4) is 0 Å². The molecule has 1 aromatic heterocycles. The maximum absolute atomic E-state index is 11.9. The smallest absolute Gasteiger partial charge is 0.272 e. The predicted molar refractivity (Wildman–Crippen MR) is 87.8 cm³/mol. The monoisotopic (exact) mass is 333 g/mol. The van der Waals surface area contributed by atoms with Crippen LogP contribution in [0.15, 0.2) is 42.6 Å². The number of hydrogen-bond acceptors (Lipinski definition) is 4. The molecular weight excluding hydrogens is 318 g/mol. The molecule has 7 heteroatoms. The second-order valence-corrected chi connectivity index (χ2v) is 5.36. The molecule has 23 heavy (non-hydrogen) atoms. The van der Waals surface area contributed by atoms with Gasteiger partial charge in [-0.15, -0.1) is 0 Å². The zero-order valence-electron chi connectivity index (χ0n) is 12.7. The summed E-state index contributed by atoms with van der Waals surface area (Å²) in [7, 11) is 3.27. The molecule has 0 aliphatic rings. The maximum Gasteiger partial charge on any atom is 0.272 e. The molecule has 0 aliphatic heterocycles. The minimum absolute atomic E-state index is 0.152. The minimum atomic E-state index is -0.339. The van der Waals surface area contributed by atoms with Gasteiger partial charge in [-0.3, -0.25) is 14.6 Å². The third kappa shape index (κ3) is 4.96. The fraction of sp³-hybridized carbons (Fsp3) is 0.188. The van der Waals surface area contributed by atoms with E-state index < -0.39 is 0 Å². The first-order chi connectivity index (χ1) is 11.0.